The summed E-state index contributed by atoms with van der Waals surface area (Å²) in [7, 11) is 0. The predicted octanol–water partition coefficient (Wildman–Crippen LogP) is 2.49. The minimum absolute atomic E-state index is 0.0282. The molecule has 2 heterocycles. The van der Waals surface area contributed by atoms with Gasteiger partial charge in [0.2, 0.25) is 0 Å². The fourth-order valence-electron chi connectivity index (χ4n) is 3.29. The van der Waals surface area contributed by atoms with E-state index in [1.807, 2.05) is 41.3 Å². The van der Waals surface area contributed by atoms with Gasteiger partial charge in [-0.25, -0.2) is 0 Å². The van der Waals surface area contributed by atoms with E-state index in [2.05, 4.69) is 0 Å². The zero-order chi connectivity index (χ0) is 13.0. The number of hydrogen-bond acceptors (Lipinski definition) is 2. The fourth-order valence-corrected chi connectivity index (χ4v) is 3.29. The van der Waals surface area contributed by atoms with Crippen molar-refractivity contribution in [2.75, 3.05) is 6.54 Å². The minimum Gasteiger partial charge on any atom is -0.508 e. The first-order chi connectivity index (χ1) is 9.27. The highest BCUT2D eigenvalue weighted by atomic mass is 16.3. The molecule has 3 nitrogen and oxygen atoms in total. The Bertz CT molecular complexity index is 693. The van der Waals surface area contributed by atoms with E-state index < -0.39 is 0 Å². The van der Waals surface area contributed by atoms with E-state index in [1.165, 1.54) is 0 Å². The number of hydrogen-bond donors (Lipinski definition) is 1. The summed E-state index contributed by atoms with van der Waals surface area (Å²) in [6.45, 7) is 0.669. The topological polar surface area (TPSA) is 40.5 Å². The number of carbonyl (C=O) groups is 1. The van der Waals surface area contributed by atoms with Crippen LogP contribution in [0.1, 0.15) is 33.1 Å². The van der Waals surface area contributed by atoms with Crippen LogP contribution in [-0.4, -0.2) is 22.5 Å². The number of benzene rings is 2. The number of fused-ring (bicyclic) bond motifs is 5. The van der Waals surface area contributed by atoms with Gasteiger partial charge >= 0.3 is 0 Å². The van der Waals surface area contributed by atoms with Gasteiger partial charge in [-0.2, -0.15) is 0 Å². The molecule has 1 N–H and O–H groups in total. The predicted molar refractivity (Wildman–Crippen MR) is 71.1 cm³/mol. The van der Waals surface area contributed by atoms with Crippen molar-refractivity contribution >= 4 is 5.91 Å². The monoisotopic (exact) mass is 251 g/mol. The lowest BCUT2D eigenvalue weighted by Crippen LogP contribution is -2.35. The van der Waals surface area contributed by atoms with Crippen molar-refractivity contribution in [1.29, 1.82) is 0 Å². The summed E-state index contributed by atoms with van der Waals surface area (Å²) in [6, 6.07) is 13.3. The summed E-state index contributed by atoms with van der Waals surface area (Å²) < 4.78 is 0. The first kappa shape index (κ1) is 10.6. The van der Waals surface area contributed by atoms with E-state index in [0.29, 0.717) is 12.3 Å². The zero-order valence-corrected chi connectivity index (χ0v) is 10.3. The number of aromatic hydroxyl groups is 1. The van der Waals surface area contributed by atoms with Crippen LogP contribution in [0.15, 0.2) is 42.5 Å². The Kier molecular flexibility index (Phi) is 2.01. The second-order valence-corrected chi connectivity index (χ2v) is 5.08. The van der Waals surface area contributed by atoms with Crippen molar-refractivity contribution in [3.05, 3.63) is 64.7 Å². The standard InChI is InChI=1S/C16H13NO2/c18-14-7-3-6-11-10(14)8-9-17-15(11)12-4-1-2-5-13(12)16(17)19/h1-7,15,18H,8-9H2. The average Bonchev–Trinajstić information content (AvgIpc) is 2.74. The Balaban J connectivity index is 1.98. The molecule has 2 aliphatic rings. The lowest BCUT2D eigenvalue weighted by atomic mass is 9.89. The lowest BCUT2D eigenvalue weighted by molar-refractivity contribution is 0.0739. The molecular weight excluding hydrogens is 238 g/mol. The maximum absolute atomic E-state index is 12.4. The van der Waals surface area contributed by atoms with Crippen molar-refractivity contribution < 1.29 is 9.90 Å². The Labute approximate surface area is 111 Å². The highest BCUT2D eigenvalue weighted by molar-refractivity contribution is 6.00. The van der Waals surface area contributed by atoms with Gasteiger partial charge in [0.15, 0.2) is 0 Å². The van der Waals surface area contributed by atoms with E-state index in [1.54, 1.807) is 6.07 Å². The third-order valence-corrected chi connectivity index (χ3v) is 4.14. The molecule has 94 valence electrons. The second kappa shape index (κ2) is 3.60. The highest BCUT2D eigenvalue weighted by Gasteiger charge is 2.40. The summed E-state index contributed by atoms with van der Waals surface area (Å²) in [4.78, 5) is 14.3. The number of carbonyl (C=O) groups excluding carboxylic acids is 1. The summed E-state index contributed by atoms with van der Waals surface area (Å²) in [5.74, 6) is 0.448. The van der Waals surface area contributed by atoms with Gasteiger partial charge in [0, 0.05) is 17.7 Å². The van der Waals surface area contributed by atoms with Crippen molar-refractivity contribution in [3.8, 4) is 5.75 Å². The molecule has 2 aromatic carbocycles. The van der Waals surface area contributed by atoms with Crippen molar-refractivity contribution in [2.24, 2.45) is 0 Å². The molecule has 1 unspecified atom stereocenters. The summed E-state index contributed by atoms with van der Waals surface area (Å²) in [5.41, 5.74) is 3.89. The van der Waals surface area contributed by atoms with Gasteiger partial charge in [-0.15, -0.1) is 0 Å². The van der Waals surface area contributed by atoms with Crippen LogP contribution in [0.2, 0.25) is 0 Å². The molecule has 19 heavy (non-hydrogen) atoms. The number of rotatable bonds is 0. The Morgan fingerprint density at radius 2 is 1.84 bits per heavy atom. The molecule has 2 aliphatic heterocycles. The van der Waals surface area contributed by atoms with E-state index in [-0.39, 0.29) is 11.9 Å². The van der Waals surface area contributed by atoms with E-state index in [9.17, 15) is 9.90 Å². The van der Waals surface area contributed by atoms with Gasteiger partial charge < -0.3 is 10.0 Å². The highest BCUT2D eigenvalue weighted by Crippen LogP contribution is 2.44. The first-order valence-corrected chi connectivity index (χ1v) is 6.48. The summed E-state index contributed by atoms with van der Waals surface area (Å²) in [6.07, 6.45) is 0.720. The summed E-state index contributed by atoms with van der Waals surface area (Å²) in [5, 5.41) is 9.99. The molecule has 0 fully saturated rings. The van der Waals surface area contributed by atoms with Crippen molar-refractivity contribution in [1.82, 2.24) is 4.90 Å². The minimum atomic E-state index is -0.0282. The molecule has 4 rings (SSSR count). The Morgan fingerprint density at radius 1 is 1.05 bits per heavy atom. The molecule has 0 spiro atoms. The second-order valence-electron chi connectivity index (χ2n) is 5.08. The van der Waals surface area contributed by atoms with E-state index in [0.717, 1.165) is 28.7 Å². The van der Waals surface area contributed by atoms with E-state index >= 15 is 0 Å². The molecule has 0 bridgehead atoms. The Hall–Kier alpha value is -2.29. The van der Waals surface area contributed by atoms with Crippen LogP contribution in [0.5, 0.6) is 5.75 Å². The van der Waals surface area contributed by atoms with Gasteiger partial charge in [-0.05, 0) is 29.7 Å². The third-order valence-electron chi connectivity index (χ3n) is 4.14. The molecular formula is C16H13NO2. The first-order valence-electron chi connectivity index (χ1n) is 6.48. The number of phenolic OH excluding ortho intramolecular Hbond substituents is 1. The average molecular weight is 251 g/mol. The van der Waals surface area contributed by atoms with Gasteiger partial charge in [0.1, 0.15) is 5.75 Å². The molecule has 0 aliphatic carbocycles. The van der Waals surface area contributed by atoms with Crippen LogP contribution in [0.4, 0.5) is 0 Å². The maximum atomic E-state index is 12.4. The molecule has 3 heteroatoms. The molecule has 0 aromatic heterocycles. The quantitative estimate of drug-likeness (QED) is 0.781. The van der Waals surface area contributed by atoms with Crippen LogP contribution in [0.25, 0.3) is 0 Å². The van der Waals surface area contributed by atoms with Crippen molar-refractivity contribution in [2.45, 2.75) is 12.5 Å². The SMILES string of the molecule is O=C1c2ccccc2C2c3cccc(O)c3CCN12. The van der Waals surface area contributed by atoms with Crippen LogP contribution in [0.3, 0.4) is 0 Å². The smallest absolute Gasteiger partial charge is 0.255 e. The number of phenols is 1. The molecule has 1 amide bonds. The van der Waals surface area contributed by atoms with Gasteiger partial charge in [-0.1, -0.05) is 30.3 Å². The van der Waals surface area contributed by atoms with E-state index in [4.69, 9.17) is 0 Å². The molecule has 0 saturated carbocycles. The van der Waals surface area contributed by atoms with Crippen LogP contribution < -0.4 is 0 Å². The normalized spacial score (nSPS) is 19.9. The number of nitrogens with zero attached hydrogens (tertiary/aromatic N) is 1. The largest absolute Gasteiger partial charge is 0.508 e. The van der Waals surface area contributed by atoms with Crippen LogP contribution in [0, 0.1) is 0 Å². The molecule has 0 saturated heterocycles. The van der Waals surface area contributed by atoms with Gasteiger partial charge in [0.05, 0.1) is 6.04 Å². The van der Waals surface area contributed by atoms with Crippen LogP contribution >= 0.6 is 0 Å². The lowest BCUT2D eigenvalue weighted by Gasteiger charge is -2.32. The number of amides is 1. The summed E-state index contributed by atoms with van der Waals surface area (Å²) >= 11 is 0. The van der Waals surface area contributed by atoms with Gasteiger partial charge in [-0.3, -0.25) is 4.79 Å². The third kappa shape index (κ3) is 1.30. The molecule has 1 atom stereocenters. The Morgan fingerprint density at radius 3 is 2.74 bits per heavy atom. The fraction of sp³-hybridized carbons (Fsp3) is 0.188. The van der Waals surface area contributed by atoms with Crippen LogP contribution in [-0.2, 0) is 6.42 Å². The zero-order valence-electron chi connectivity index (χ0n) is 10.3. The van der Waals surface area contributed by atoms with Gasteiger partial charge in [0.25, 0.3) is 5.91 Å². The molecule has 0 radical (unpaired) electrons. The maximum Gasteiger partial charge on any atom is 0.255 e. The molecule has 2 aromatic rings. The van der Waals surface area contributed by atoms with Crippen molar-refractivity contribution in [3.63, 3.8) is 0 Å².